The Hall–Kier alpha value is -2.83. The minimum absolute atomic E-state index is 0.0489. The minimum atomic E-state index is -0.330. The Bertz CT molecular complexity index is 844. The molecular formula is C21H23FN2O4. The number of ether oxygens (including phenoxy) is 1. The third kappa shape index (κ3) is 4.52. The molecule has 0 radical (unpaired) electrons. The normalized spacial score (nSPS) is 19.3. The Labute approximate surface area is 162 Å². The first-order valence-corrected chi connectivity index (χ1v) is 9.65. The summed E-state index contributed by atoms with van der Waals surface area (Å²) in [7, 11) is 0. The molecule has 2 amide bonds. The fraction of sp³-hybridized carbons (Fsp3) is 0.429. The van der Waals surface area contributed by atoms with Gasteiger partial charge in [0.25, 0.3) is 5.91 Å². The zero-order valence-electron chi connectivity index (χ0n) is 15.5. The molecule has 1 aromatic carbocycles. The van der Waals surface area contributed by atoms with Gasteiger partial charge in [-0.25, -0.2) is 4.39 Å². The highest BCUT2D eigenvalue weighted by molar-refractivity contribution is 5.92. The van der Waals surface area contributed by atoms with Crippen molar-refractivity contribution in [3.63, 3.8) is 0 Å². The van der Waals surface area contributed by atoms with Gasteiger partial charge in [-0.05, 0) is 62.1 Å². The lowest BCUT2D eigenvalue weighted by Crippen LogP contribution is -2.45. The highest BCUT2D eigenvalue weighted by Gasteiger charge is 2.32. The monoisotopic (exact) mass is 386 g/mol. The SMILES string of the molecule is O=C(NC1CC1)C1CCCN(C(=O)c2ccc(COc3ccc(F)cc3)o2)C1. The summed E-state index contributed by atoms with van der Waals surface area (Å²) in [6.45, 7) is 1.18. The van der Waals surface area contributed by atoms with Crippen molar-refractivity contribution in [2.24, 2.45) is 5.92 Å². The molecule has 0 bridgehead atoms. The highest BCUT2D eigenvalue weighted by atomic mass is 19.1. The van der Waals surface area contributed by atoms with Crippen molar-refractivity contribution in [2.45, 2.75) is 38.3 Å². The first-order valence-electron chi connectivity index (χ1n) is 9.65. The number of likely N-dealkylation sites (tertiary alicyclic amines) is 1. The number of nitrogens with one attached hydrogen (secondary N) is 1. The second-order valence-corrected chi connectivity index (χ2v) is 7.38. The van der Waals surface area contributed by atoms with Gasteiger partial charge in [0.15, 0.2) is 5.76 Å². The van der Waals surface area contributed by atoms with Crippen LogP contribution in [0.5, 0.6) is 5.75 Å². The molecule has 2 fully saturated rings. The average Bonchev–Trinajstić information content (AvgIpc) is 3.40. The standard InChI is InChI=1S/C21H23FN2O4/c22-15-3-7-17(8-4-15)27-13-18-9-10-19(28-18)21(26)24-11-1-2-14(12-24)20(25)23-16-5-6-16/h3-4,7-10,14,16H,1-2,5-6,11-13H2,(H,23,25). The van der Waals surface area contributed by atoms with Crippen molar-refractivity contribution >= 4 is 11.8 Å². The van der Waals surface area contributed by atoms with Gasteiger partial charge in [-0.1, -0.05) is 0 Å². The van der Waals surface area contributed by atoms with Gasteiger partial charge in [0.05, 0.1) is 5.92 Å². The van der Waals surface area contributed by atoms with Crippen LogP contribution in [0.4, 0.5) is 4.39 Å². The van der Waals surface area contributed by atoms with E-state index in [0.717, 1.165) is 25.7 Å². The van der Waals surface area contributed by atoms with Crippen LogP contribution in [0.25, 0.3) is 0 Å². The molecule has 2 aromatic rings. The molecule has 1 aromatic heterocycles. The lowest BCUT2D eigenvalue weighted by atomic mass is 9.97. The molecule has 4 rings (SSSR count). The van der Waals surface area contributed by atoms with Crippen molar-refractivity contribution in [3.8, 4) is 5.75 Å². The number of carbonyl (C=O) groups is 2. The summed E-state index contributed by atoms with van der Waals surface area (Å²) in [6.07, 6.45) is 3.71. The van der Waals surface area contributed by atoms with Crippen molar-refractivity contribution in [1.29, 1.82) is 0 Å². The van der Waals surface area contributed by atoms with Crippen LogP contribution in [0.15, 0.2) is 40.8 Å². The number of amides is 2. The number of rotatable bonds is 6. The third-order valence-corrected chi connectivity index (χ3v) is 5.07. The predicted octanol–water partition coefficient (Wildman–Crippen LogP) is 3.13. The van der Waals surface area contributed by atoms with Crippen molar-refractivity contribution in [1.82, 2.24) is 10.2 Å². The lowest BCUT2D eigenvalue weighted by Gasteiger charge is -2.31. The molecule has 28 heavy (non-hydrogen) atoms. The molecule has 1 aliphatic heterocycles. The summed E-state index contributed by atoms with van der Waals surface area (Å²) in [5, 5.41) is 3.02. The van der Waals surface area contributed by atoms with Crippen LogP contribution in [0.3, 0.4) is 0 Å². The minimum Gasteiger partial charge on any atom is -0.486 e. The van der Waals surface area contributed by atoms with Crippen LogP contribution in [-0.2, 0) is 11.4 Å². The summed E-state index contributed by atoms with van der Waals surface area (Å²) < 4.78 is 24.1. The predicted molar refractivity (Wildman–Crippen MR) is 99.2 cm³/mol. The van der Waals surface area contributed by atoms with Gasteiger partial charge >= 0.3 is 0 Å². The molecule has 1 saturated carbocycles. The fourth-order valence-electron chi connectivity index (χ4n) is 3.33. The summed E-state index contributed by atoms with van der Waals surface area (Å²) in [4.78, 5) is 26.7. The molecular weight excluding hydrogens is 363 g/mol. The van der Waals surface area contributed by atoms with Crippen molar-refractivity contribution in [3.05, 3.63) is 53.7 Å². The van der Waals surface area contributed by atoms with Crippen LogP contribution >= 0.6 is 0 Å². The zero-order valence-corrected chi connectivity index (χ0v) is 15.5. The third-order valence-electron chi connectivity index (χ3n) is 5.07. The van der Waals surface area contributed by atoms with E-state index in [4.69, 9.17) is 9.15 Å². The number of nitrogens with zero attached hydrogens (tertiary/aromatic N) is 1. The molecule has 6 nitrogen and oxygen atoms in total. The number of furan rings is 1. The largest absolute Gasteiger partial charge is 0.486 e. The van der Waals surface area contributed by atoms with Crippen LogP contribution in [0.1, 0.15) is 42.0 Å². The zero-order chi connectivity index (χ0) is 19.5. The van der Waals surface area contributed by atoms with Gasteiger partial charge in [-0.3, -0.25) is 9.59 Å². The Kier molecular flexibility index (Phi) is 5.32. The number of hydrogen-bond acceptors (Lipinski definition) is 4. The fourth-order valence-corrected chi connectivity index (χ4v) is 3.33. The number of piperidine rings is 1. The number of carbonyl (C=O) groups excluding carboxylic acids is 2. The van der Waals surface area contributed by atoms with Gasteiger partial charge in [0.1, 0.15) is 23.9 Å². The van der Waals surface area contributed by atoms with E-state index in [2.05, 4.69) is 5.32 Å². The van der Waals surface area contributed by atoms with E-state index in [9.17, 15) is 14.0 Å². The van der Waals surface area contributed by atoms with Gasteiger partial charge in [-0.2, -0.15) is 0 Å². The van der Waals surface area contributed by atoms with Crippen LogP contribution < -0.4 is 10.1 Å². The van der Waals surface area contributed by atoms with E-state index in [0.29, 0.717) is 30.6 Å². The molecule has 0 spiro atoms. The van der Waals surface area contributed by atoms with E-state index in [-0.39, 0.29) is 35.9 Å². The summed E-state index contributed by atoms with van der Waals surface area (Å²) >= 11 is 0. The van der Waals surface area contributed by atoms with E-state index >= 15 is 0 Å². The maximum Gasteiger partial charge on any atom is 0.289 e. The van der Waals surface area contributed by atoms with Crippen LogP contribution in [0.2, 0.25) is 0 Å². The van der Waals surface area contributed by atoms with E-state index in [1.54, 1.807) is 17.0 Å². The first-order chi connectivity index (χ1) is 13.6. The summed E-state index contributed by atoms with van der Waals surface area (Å²) in [6, 6.07) is 9.34. The molecule has 148 valence electrons. The summed E-state index contributed by atoms with van der Waals surface area (Å²) in [5.74, 6) is 0.614. The van der Waals surface area contributed by atoms with E-state index in [1.165, 1.54) is 24.3 Å². The molecule has 7 heteroatoms. The first kappa shape index (κ1) is 18.5. The van der Waals surface area contributed by atoms with Crippen LogP contribution in [-0.4, -0.2) is 35.8 Å². The van der Waals surface area contributed by atoms with Gasteiger partial charge in [0, 0.05) is 19.1 Å². The second kappa shape index (κ2) is 8.04. The molecule has 2 aliphatic rings. The molecule has 1 unspecified atom stereocenters. The average molecular weight is 386 g/mol. The molecule has 1 saturated heterocycles. The van der Waals surface area contributed by atoms with Crippen molar-refractivity contribution in [2.75, 3.05) is 13.1 Å². The Morgan fingerprint density at radius 3 is 2.68 bits per heavy atom. The Balaban J connectivity index is 1.32. The lowest BCUT2D eigenvalue weighted by molar-refractivity contribution is -0.126. The van der Waals surface area contributed by atoms with Crippen LogP contribution in [0, 0.1) is 11.7 Å². The number of halogens is 1. The van der Waals surface area contributed by atoms with Crippen molar-refractivity contribution < 1.29 is 23.1 Å². The van der Waals surface area contributed by atoms with Gasteiger partial charge in [-0.15, -0.1) is 0 Å². The molecule has 2 heterocycles. The number of benzene rings is 1. The molecule has 1 atom stereocenters. The smallest absolute Gasteiger partial charge is 0.289 e. The highest BCUT2D eigenvalue weighted by Crippen LogP contribution is 2.23. The topological polar surface area (TPSA) is 71.8 Å². The second-order valence-electron chi connectivity index (χ2n) is 7.38. The Morgan fingerprint density at radius 1 is 1.14 bits per heavy atom. The molecule has 1 N–H and O–H groups in total. The maximum absolute atomic E-state index is 12.9. The van der Waals surface area contributed by atoms with Gasteiger partial charge < -0.3 is 19.4 Å². The summed E-state index contributed by atoms with van der Waals surface area (Å²) in [5.41, 5.74) is 0. The van der Waals surface area contributed by atoms with Gasteiger partial charge in [0.2, 0.25) is 5.91 Å². The maximum atomic E-state index is 12.9. The van der Waals surface area contributed by atoms with E-state index < -0.39 is 0 Å². The van der Waals surface area contributed by atoms with E-state index in [1.807, 2.05) is 0 Å². The quantitative estimate of drug-likeness (QED) is 0.828. The Morgan fingerprint density at radius 2 is 1.93 bits per heavy atom. The number of hydrogen-bond donors (Lipinski definition) is 1. The molecule has 1 aliphatic carbocycles.